The van der Waals surface area contributed by atoms with Crippen molar-refractivity contribution in [2.24, 2.45) is 0 Å². The minimum absolute atomic E-state index is 1.37. The molecule has 0 bridgehead atoms. The van der Waals surface area contributed by atoms with Gasteiger partial charge >= 0.3 is 33.0 Å². The molecule has 0 rings (SSSR count). The van der Waals surface area contributed by atoms with Gasteiger partial charge in [-0.2, -0.15) is 0 Å². The van der Waals surface area contributed by atoms with Crippen molar-refractivity contribution < 1.29 is 25.2 Å². The monoisotopic (exact) mass is 376 g/mol. The van der Waals surface area contributed by atoms with Gasteiger partial charge in [0.15, 0.2) is 0 Å². The van der Waals surface area contributed by atoms with Crippen molar-refractivity contribution >= 4 is 17.0 Å². The molecular formula is C14H32F6P2. The first-order chi connectivity index (χ1) is 9.86. The van der Waals surface area contributed by atoms with Crippen LogP contribution in [0.15, 0.2) is 0 Å². The average Bonchev–Trinajstić information content (AvgIpc) is 2.32. The fourth-order valence-electron chi connectivity index (χ4n) is 2.02. The molecule has 0 fully saturated rings. The van der Waals surface area contributed by atoms with Gasteiger partial charge in [-0.15, -0.1) is 0 Å². The van der Waals surface area contributed by atoms with Crippen molar-refractivity contribution in [3.05, 3.63) is 0 Å². The minimum atomic E-state index is -10.7. The zero-order chi connectivity index (χ0) is 17.6. The van der Waals surface area contributed by atoms with Gasteiger partial charge in [0.05, 0.1) is 6.16 Å². The summed E-state index contributed by atoms with van der Waals surface area (Å²) in [6.07, 6.45) is 19.0. The SMILES string of the molecule is CCCCCCCCCCCCCC[PH3+].F[P-](F)(F)(F)(F)F. The molecule has 140 valence electrons. The summed E-state index contributed by atoms with van der Waals surface area (Å²) in [6, 6.07) is 0. The second kappa shape index (κ2) is 11.1. The van der Waals surface area contributed by atoms with E-state index in [-0.39, 0.29) is 0 Å². The predicted octanol–water partition coefficient (Wildman–Crippen LogP) is 8.68. The van der Waals surface area contributed by atoms with Crippen LogP contribution in [0, 0.1) is 0 Å². The summed E-state index contributed by atoms with van der Waals surface area (Å²) in [7, 11) is -8.55. The molecule has 22 heavy (non-hydrogen) atoms. The number of unbranched alkanes of at least 4 members (excludes halogenated alkanes) is 11. The Morgan fingerprint density at radius 3 is 1.00 bits per heavy atom. The van der Waals surface area contributed by atoms with Crippen LogP contribution >= 0.6 is 17.0 Å². The van der Waals surface area contributed by atoms with E-state index in [0.717, 1.165) is 0 Å². The molecule has 0 aliphatic carbocycles. The van der Waals surface area contributed by atoms with Gasteiger partial charge in [-0.25, -0.2) is 0 Å². The van der Waals surface area contributed by atoms with Gasteiger partial charge in [0.1, 0.15) is 0 Å². The zero-order valence-corrected chi connectivity index (χ0v) is 15.9. The third kappa shape index (κ3) is 49.9. The molecule has 0 aromatic carbocycles. The van der Waals surface area contributed by atoms with Gasteiger partial charge in [-0.1, -0.05) is 71.1 Å². The van der Waals surface area contributed by atoms with Crippen LogP contribution in [0.1, 0.15) is 84.0 Å². The first-order valence-corrected chi connectivity index (χ1v) is 11.2. The van der Waals surface area contributed by atoms with Gasteiger partial charge in [-0.05, 0) is 22.1 Å². The van der Waals surface area contributed by atoms with E-state index in [4.69, 9.17) is 0 Å². The summed E-state index contributed by atoms with van der Waals surface area (Å²) >= 11 is 0. The zero-order valence-electron chi connectivity index (χ0n) is 13.6. The van der Waals surface area contributed by atoms with Crippen molar-refractivity contribution in [1.82, 2.24) is 0 Å². The molecule has 0 spiro atoms. The Labute approximate surface area is 133 Å². The normalized spacial score (nSPS) is 14.9. The van der Waals surface area contributed by atoms with E-state index < -0.39 is 7.81 Å². The van der Waals surface area contributed by atoms with Gasteiger partial charge in [0.25, 0.3) is 0 Å². The summed E-state index contributed by atoms with van der Waals surface area (Å²) in [5.74, 6) is 0. The molecule has 0 saturated heterocycles. The predicted molar refractivity (Wildman–Crippen MR) is 90.6 cm³/mol. The molecule has 0 N–H and O–H groups in total. The number of hydrogen-bond acceptors (Lipinski definition) is 0. The fraction of sp³-hybridized carbons (Fsp3) is 1.00. The van der Waals surface area contributed by atoms with E-state index in [0.29, 0.717) is 0 Å². The molecular weight excluding hydrogens is 344 g/mol. The van der Waals surface area contributed by atoms with E-state index in [9.17, 15) is 25.2 Å². The molecule has 0 heterocycles. The third-order valence-corrected chi connectivity index (χ3v) is 3.60. The summed E-state index contributed by atoms with van der Waals surface area (Å²) in [5, 5.41) is 0. The van der Waals surface area contributed by atoms with Gasteiger partial charge < -0.3 is 0 Å². The van der Waals surface area contributed by atoms with Crippen LogP contribution in [0.2, 0.25) is 0 Å². The fourth-order valence-corrected chi connectivity index (χ4v) is 2.37. The molecule has 0 amide bonds. The second-order valence-electron chi connectivity index (χ2n) is 5.70. The number of hydrogen-bond donors (Lipinski definition) is 0. The Morgan fingerprint density at radius 2 is 0.773 bits per heavy atom. The molecule has 0 aliphatic rings. The maximum atomic E-state index is 9.87. The van der Waals surface area contributed by atoms with Crippen LogP contribution in [0.3, 0.4) is 0 Å². The van der Waals surface area contributed by atoms with Crippen molar-refractivity contribution in [2.75, 3.05) is 6.16 Å². The molecule has 0 nitrogen and oxygen atoms in total. The van der Waals surface area contributed by atoms with Gasteiger partial charge in [0, 0.05) is 0 Å². The molecule has 0 aliphatic heterocycles. The average molecular weight is 376 g/mol. The molecule has 1 unspecified atom stereocenters. The van der Waals surface area contributed by atoms with Gasteiger partial charge in [0.2, 0.25) is 0 Å². The molecule has 8 heteroatoms. The second-order valence-corrected chi connectivity index (χ2v) is 8.32. The van der Waals surface area contributed by atoms with Crippen LogP contribution in [0.5, 0.6) is 0 Å². The topological polar surface area (TPSA) is 0 Å². The van der Waals surface area contributed by atoms with Crippen LogP contribution in [-0.2, 0) is 0 Å². The van der Waals surface area contributed by atoms with Crippen LogP contribution in [0.4, 0.5) is 25.2 Å². The van der Waals surface area contributed by atoms with Gasteiger partial charge in [-0.3, -0.25) is 0 Å². The quantitative estimate of drug-likeness (QED) is 0.182. The summed E-state index contributed by atoms with van der Waals surface area (Å²) in [4.78, 5) is 0. The molecule has 0 aromatic rings. The first-order valence-electron chi connectivity index (χ1n) is 8.22. The number of rotatable bonds is 12. The van der Waals surface area contributed by atoms with E-state index in [2.05, 4.69) is 16.2 Å². The Bertz CT molecular complexity index is 226. The van der Waals surface area contributed by atoms with Crippen LogP contribution in [-0.4, -0.2) is 6.16 Å². The number of halogens is 6. The summed E-state index contributed by atoms with van der Waals surface area (Å²) in [5.41, 5.74) is 0. The summed E-state index contributed by atoms with van der Waals surface area (Å²) in [6.45, 7) is 2.29. The third-order valence-electron chi connectivity index (χ3n) is 3.10. The van der Waals surface area contributed by atoms with Crippen molar-refractivity contribution in [3.8, 4) is 0 Å². The Morgan fingerprint density at radius 1 is 0.545 bits per heavy atom. The van der Waals surface area contributed by atoms with Crippen molar-refractivity contribution in [1.29, 1.82) is 0 Å². The van der Waals surface area contributed by atoms with Crippen molar-refractivity contribution in [2.45, 2.75) is 84.0 Å². The summed E-state index contributed by atoms with van der Waals surface area (Å²) < 4.78 is 59.2. The Balaban J connectivity index is 0. The standard InChI is InChI=1S/C14H31P.F6P/c1-2-3-4-5-6-7-8-9-10-11-12-13-14-15;1-7(2,3,4,5)6/h2-15H2,1H3;/q;-1/p+1. The molecule has 0 aromatic heterocycles. The van der Waals surface area contributed by atoms with E-state index >= 15 is 0 Å². The Kier molecular flexibility index (Phi) is 12.4. The van der Waals surface area contributed by atoms with Crippen LogP contribution < -0.4 is 0 Å². The van der Waals surface area contributed by atoms with E-state index in [1.807, 2.05) is 0 Å². The maximum absolute atomic E-state index is 10.7. The van der Waals surface area contributed by atoms with Crippen LogP contribution in [0.25, 0.3) is 0 Å². The first kappa shape index (κ1) is 24.7. The van der Waals surface area contributed by atoms with Crippen molar-refractivity contribution in [3.63, 3.8) is 0 Å². The van der Waals surface area contributed by atoms with E-state index in [1.54, 1.807) is 0 Å². The molecule has 0 radical (unpaired) electrons. The molecule has 1 atom stereocenters. The molecule has 0 saturated carbocycles. The Hall–Kier alpha value is 0.440. The van der Waals surface area contributed by atoms with E-state index in [1.165, 1.54) is 83.2 Å².